The fraction of sp³-hybridized carbons (Fsp3) is 0.455. The van der Waals surface area contributed by atoms with E-state index in [1.54, 1.807) is 13.1 Å². The summed E-state index contributed by atoms with van der Waals surface area (Å²) in [5.74, 6) is 0.647. The van der Waals surface area contributed by atoms with Crippen molar-refractivity contribution in [1.82, 2.24) is 10.3 Å². The first-order valence-electron chi connectivity index (χ1n) is 5.31. The summed E-state index contributed by atoms with van der Waals surface area (Å²) < 4.78 is 0. The lowest BCUT2D eigenvalue weighted by molar-refractivity contribution is -0.121. The molecule has 1 aromatic rings. The molecule has 0 aliphatic carbocycles. The minimum Gasteiger partial charge on any atom is -0.397 e. The molecule has 0 aromatic carbocycles. The normalized spacial score (nSPS) is 11.9. The van der Waals surface area contributed by atoms with E-state index in [4.69, 9.17) is 5.73 Å². The van der Waals surface area contributed by atoms with Crippen LogP contribution in [0.15, 0.2) is 12.3 Å². The van der Waals surface area contributed by atoms with Crippen molar-refractivity contribution in [2.75, 3.05) is 17.6 Å². The predicted molar refractivity (Wildman–Crippen MR) is 65.2 cm³/mol. The number of aryl methyl sites for hydroxylation is 1. The summed E-state index contributed by atoms with van der Waals surface area (Å²) in [4.78, 5) is 15.6. The van der Waals surface area contributed by atoms with Gasteiger partial charge in [-0.15, -0.1) is 0 Å². The second-order valence-corrected chi connectivity index (χ2v) is 3.69. The van der Waals surface area contributed by atoms with Gasteiger partial charge in [-0.1, -0.05) is 0 Å². The van der Waals surface area contributed by atoms with Gasteiger partial charge >= 0.3 is 0 Å². The van der Waals surface area contributed by atoms with Crippen LogP contribution in [0.4, 0.5) is 11.5 Å². The molecule has 0 saturated heterocycles. The van der Waals surface area contributed by atoms with Gasteiger partial charge in [-0.25, -0.2) is 4.98 Å². The van der Waals surface area contributed by atoms with Crippen LogP contribution in [0.5, 0.6) is 0 Å². The van der Waals surface area contributed by atoms with Gasteiger partial charge in [0.15, 0.2) is 0 Å². The number of aromatic nitrogens is 1. The number of carbonyl (C=O) groups excluding carboxylic acids is 1. The molecule has 5 nitrogen and oxygen atoms in total. The zero-order valence-electron chi connectivity index (χ0n) is 9.87. The van der Waals surface area contributed by atoms with Gasteiger partial charge < -0.3 is 16.4 Å². The minimum atomic E-state index is -0.310. The molecule has 16 heavy (non-hydrogen) atoms. The average molecular weight is 222 g/mol. The van der Waals surface area contributed by atoms with E-state index >= 15 is 0 Å². The fourth-order valence-electron chi connectivity index (χ4n) is 1.35. The summed E-state index contributed by atoms with van der Waals surface area (Å²) in [6.07, 6.45) is 1.57. The van der Waals surface area contributed by atoms with Crippen LogP contribution in [-0.2, 0) is 4.79 Å². The smallest absolute Gasteiger partial charge is 0.242 e. The van der Waals surface area contributed by atoms with Gasteiger partial charge in [0, 0.05) is 6.54 Å². The zero-order chi connectivity index (χ0) is 12.1. The number of likely N-dealkylation sites (N-methyl/N-ethyl adjacent to an activating group) is 1. The molecule has 0 fully saturated rings. The van der Waals surface area contributed by atoms with Crippen molar-refractivity contribution in [3.05, 3.63) is 17.8 Å². The van der Waals surface area contributed by atoms with Crippen molar-refractivity contribution in [3.63, 3.8) is 0 Å². The molecule has 0 saturated carbocycles. The minimum absolute atomic E-state index is 0.0412. The topological polar surface area (TPSA) is 80.0 Å². The molecule has 5 heteroatoms. The fourth-order valence-corrected chi connectivity index (χ4v) is 1.35. The van der Waals surface area contributed by atoms with Crippen LogP contribution in [0.25, 0.3) is 0 Å². The van der Waals surface area contributed by atoms with Crippen molar-refractivity contribution in [2.24, 2.45) is 0 Å². The first-order valence-corrected chi connectivity index (χ1v) is 5.31. The van der Waals surface area contributed by atoms with Crippen LogP contribution < -0.4 is 16.4 Å². The van der Waals surface area contributed by atoms with E-state index in [1.807, 2.05) is 19.9 Å². The van der Waals surface area contributed by atoms with Crippen molar-refractivity contribution in [3.8, 4) is 0 Å². The molecule has 1 unspecified atom stereocenters. The van der Waals surface area contributed by atoms with Gasteiger partial charge in [-0.3, -0.25) is 4.79 Å². The zero-order valence-corrected chi connectivity index (χ0v) is 9.87. The number of hydrogen-bond acceptors (Lipinski definition) is 4. The molecule has 0 aliphatic heterocycles. The Hall–Kier alpha value is -1.78. The third-order valence-corrected chi connectivity index (χ3v) is 2.20. The molecule has 0 radical (unpaired) electrons. The Labute approximate surface area is 95.4 Å². The van der Waals surface area contributed by atoms with Gasteiger partial charge in [0.05, 0.1) is 11.9 Å². The molecule has 1 amide bonds. The Morgan fingerprint density at radius 2 is 2.31 bits per heavy atom. The predicted octanol–water partition coefficient (Wildman–Crippen LogP) is 0.909. The first-order chi connectivity index (χ1) is 7.54. The molecular formula is C11H18N4O. The van der Waals surface area contributed by atoms with Crippen LogP contribution in [0.3, 0.4) is 0 Å². The molecule has 1 atom stereocenters. The maximum Gasteiger partial charge on any atom is 0.242 e. The molecule has 0 spiro atoms. The van der Waals surface area contributed by atoms with E-state index in [0.29, 0.717) is 18.1 Å². The molecule has 1 rings (SSSR count). The number of amides is 1. The number of nitrogens with one attached hydrogen (secondary N) is 2. The largest absolute Gasteiger partial charge is 0.397 e. The van der Waals surface area contributed by atoms with Crippen molar-refractivity contribution < 1.29 is 4.79 Å². The standard InChI is InChI=1S/C11H18N4O/c1-4-13-11(16)8(3)15-10-7(2)5-9(12)6-14-10/h5-6,8H,4,12H2,1-3H3,(H,13,16)(H,14,15). The second kappa shape index (κ2) is 5.34. The molecule has 1 heterocycles. The quantitative estimate of drug-likeness (QED) is 0.707. The monoisotopic (exact) mass is 222 g/mol. The number of hydrogen-bond donors (Lipinski definition) is 3. The molecule has 0 bridgehead atoms. The number of anilines is 2. The van der Waals surface area contributed by atoms with Crippen LogP contribution in [0.1, 0.15) is 19.4 Å². The SMILES string of the molecule is CCNC(=O)C(C)Nc1ncc(N)cc1C. The summed E-state index contributed by atoms with van der Waals surface area (Å²) in [6.45, 7) is 6.20. The van der Waals surface area contributed by atoms with Gasteiger partial charge in [0.1, 0.15) is 11.9 Å². The summed E-state index contributed by atoms with van der Waals surface area (Å²) in [6, 6.07) is 1.51. The van der Waals surface area contributed by atoms with Crippen molar-refractivity contribution >= 4 is 17.4 Å². The summed E-state index contributed by atoms with van der Waals surface area (Å²) in [5, 5.41) is 5.79. The maximum atomic E-state index is 11.5. The molecule has 4 N–H and O–H groups in total. The molecule has 0 aliphatic rings. The highest BCUT2D eigenvalue weighted by atomic mass is 16.2. The number of rotatable bonds is 4. The number of nitrogens with two attached hydrogens (primary N) is 1. The lowest BCUT2D eigenvalue weighted by Crippen LogP contribution is -2.37. The average Bonchev–Trinajstić information content (AvgIpc) is 2.22. The van der Waals surface area contributed by atoms with E-state index in [9.17, 15) is 4.79 Å². The van der Waals surface area contributed by atoms with Gasteiger partial charge in [0.25, 0.3) is 0 Å². The summed E-state index contributed by atoms with van der Waals surface area (Å²) >= 11 is 0. The van der Waals surface area contributed by atoms with Crippen molar-refractivity contribution in [1.29, 1.82) is 0 Å². The molecular weight excluding hydrogens is 204 g/mol. The van der Waals surface area contributed by atoms with Crippen LogP contribution >= 0.6 is 0 Å². The lowest BCUT2D eigenvalue weighted by Gasteiger charge is -2.15. The third-order valence-electron chi connectivity index (χ3n) is 2.20. The highest BCUT2D eigenvalue weighted by Gasteiger charge is 2.12. The number of carbonyl (C=O) groups is 1. The number of nitrogens with zero attached hydrogens (tertiary/aromatic N) is 1. The van der Waals surface area contributed by atoms with Gasteiger partial charge in [-0.05, 0) is 32.4 Å². The molecule has 88 valence electrons. The van der Waals surface area contributed by atoms with E-state index in [1.165, 1.54) is 0 Å². The first kappa shape index (κ1) is 12.3. The van der Waals surface area contributed by atoms with E-state index in [-0.39, 0.29) is 11.9 Å². The Bertz CT molecular complexity index is 378. The number of pyridine rings is 1. The van der Waals surface area contributed by atoms with E-state index in [2.05, 4.69) is 15.6 Å². The van der Waals surface area contributed by atoms with Gasteiger partial charge in [-0.2, -0.15) is 0 Å². The highest BCUT2D eigenvalue weighted by molar-refractivity contribution is 5.84. The lowest BCUT2D eigenvalue weighted by atomic mass is 10.2. The highest BCUT2D eigenvalue weighted by Crippen LogP contribution is 2.14. The Balaban J connectivity index is 2.69. The summed E-state index contributed by atoms with van der Waals surface area (Å²) in [5.41, 5.74) is 7.14. The van der Waals surface area contributed by atoms with E-state index < -0.39 is 0 Å². The Kier molecular flexibility index (Phi) is 4.10. The Morgan fingerprint density at radius 1 is 1.62 bits per heavy atom. The Morgan fingerprint density at radius 3 is 2.88 bits per heavy atom. The number of nitrogen functional groups attached to an aromatic ring is 1. The van der Waals surface area contributed by atoms with E-state index in [0.717, 1.165) is 5.56 Å². The van der Waals surface area contributed by atoms with Crippen LogP contribution in [0, 0.1) is 6.92 Å². The maximum absolute atomic E-state index is 11.5. The second-order valence-electron chi connectivity index (χ2n) is 3.69. The van der Waals surface area contributed by atoms with Crippen LogP contribution in [0.2, 0.25) is 0 Å². The molecule has 1 aromatic heterocycles. The third kappa shape index (κ3) is 3.12. The van der Waals surface area contributed by atoms with Crippen molar-refractivity contribution in [2.45, 2.75) is 26.8 Å². The summed E-state index contributed by atoms with van der Waals surface area (Å²) in [7, 11) is 0. The van der Waals surface area contributed by atoms with Gasteiger partial charge in [0.2, 0.25) is 5.91 Å². The van der Waals surface area contributed by atoms with Crippen LogP contribution in [-0.4, -0.2) is 23.5 Å².